The smallest absolute Gasteiger partial charge is 0.267 e. The van der Waals surface area contributed by atoms with Gasteiger partial charge in [-0.3, -0.25) is 9.69 Å². The van der Waals surface area contributed by atoms with Crippen LogP contribution in [0.4, 0.5) is 0 Å². The van der Waals surface area contributed by atoms with Crippen LogP contribution in [-0.2, 0) is 0 Å². The van der Waals surface area contributed by atoms with Gasteiger partial charge in [-0.25, -0.2) is 0 Å². The van der Waals surface area contributed by atoms with Crippen LogP contribution in [0.5, 0.6) is 0 Å². The second kappa shape index (κ2) is 5.53. The third-order valence-corrected chi connectivity index (χ3v) is 4.31. The molecule has 1 fully saturated rings. The molecule has 0 aliphatic carbocycles. The van der Waals surface area contributed by atoms with E-state index in [1.165, 1.54) is 5.56 Å². The fourth-order valence-corrected chi connectivity index (χ4v) is 3.00. The minimum absolute atomic E-state index is 0.000501. The summed E-state index contributed by atoms with van der Waals surface area (Å²) in [6, 6.07) is 8.92. The average molecular weight is 285 g/mol. The minimum atomic E-state index is -0.000501. The normalized spacial score (nSPS) is 19.5. The van der Waals surface area contributed by atoms with E-state index < -0.39 is 0 Å². The second-order valence-corrected chi connectivity index (χ2v) is 6.32. The van der Waals surface area contributed by atoms with Crippen molar-refractivity contribution in [3.8, 4) is 0 Å². The molecule has 0 saturated carbocycles. The number of aromatic amines is 1. The molecule has 2 aromatic rings. The summed E-state index contributed by atoms with van der Waals surface area (Å²) in [7, 11) is 0. The van der Waals surface area contributed by atoms with E-state index in [1.54, 1.807) is 0 Å². The Labute approximate surface area is 125 Å². The van der Waals surface area contributed by atoms with Gasteiger partial charge >= 0.3 is 0 Å². The Balaban J connectivity index is 1.70. The van der Waals surface area contributed by atoms with E-state index in [4.69, 9.17) is 0 Å². The number of carbonyl (C=O) groups is 1. The molecule has 4 nitrogen and oxygen atoms in total. The summed E-state index contributed by atoms with van der Waals surface area (Å²) in [5, 5.41) is 4.23. The van der Waals surface area contributed by atoms with Gasteiger partial charge in [-0.2, -0.15) is 0 Å². The zero-order valence-electron chi connectivity index (χ0n) is 12.9. The topological polar surface area (TPSA) is 48.1 Å². The van der Waals surface area contributed by atoms with Crippen LogP contribution >= 0.6 is 0 Å². The molecule has 1 aliphatic heterocycles. The fraction of sp³-hybridized carbons (Fsp3) is 0.471. The third kappa shape index (κ3) is 2.95. The first-order chi connectivity index (χ1) is 10.0. The number of hydrogen-bond donors (Lipinski definition) is 2. The highest BCUT2D eigenvalue weighted by Gasteiger charge is 2.25. The molecule has 0 bridgehead atoms. The van der Waals surface area contributed by atoms with Crippen LogP contribution in [0.15, 0.2) is 24.3 Å². The van der Waals surface area contributed by atoms with Crippen molar-refractivity contribution in [3.63, 3.8) is 0 Å². The van der Waals surface area contributed by atoms with Crippen molar-refractivity contribution in [3.05, 3.63) is 35.5 Å². The summed E-state index contributed by atoms with van der Waals surface area (Å²) in [5.74, 6) is -0.000501. The predicted molar refractivity (Wildman–Crippen MR) is 85.6 cm³/mol. The first-order valence-corrected chi connectivity index (χ1v) is 7.67. The molecular formula is C17H23N3O. The quantitative estimate of drug-likeness (QED) is 0.911. The highest BCUT2D eigenvalue weighted by atomic mass is 16.2. The molecule has 3 rings (SSSR count). The number of carbonyl (C=O) groups excluding carboxylic acids is 1. The van der Waals surface area contributed by atoms with E-state index in [2.05, 4.69) is 48.1 Å². The molecule has 1 aliphatic rings. The van der Waals surface area contributed by atoms with Gasteiger partial charge in [-0.05, 0) is 44.9 Å². The Morgan fingerprint density at radius 2 is 2.19 bits per heavy atom. The van der Waals surface area contributed by atoms with Crippen LogP contribution in [0, 0.1) is 6.92 Å². The Hall–Kier alpha value is -1.81. The van der Waals surface area contributed by atoms with Crippen molar-refractivity contribution in [2.75, 3.05) is 13.1 Å². The maximum Gasteiger partial charge on any atom is 0.267 e. The van der Waals surface area contributed by atoms with E-state index in [-0.39, 0.29) is 11.9 Å². The van der Waals surface area contributed by atoms with Gasteiger partial charge in [0.25, 0.3) is 5.91 Å². The monoisotopic (exact) mass is 285 g/mol. The molecule has 1 aromatic carbocycles. The zero-order valence-corrected chi connectivity index (χ0v) is 12.9. The molecule has 21 heavy (non-hydrogen) atoms. The maximum absolute atomic E-state index is 12.4. The number of likely N-dealkylation sites (tertiary alicyclic amines) is 1. The van der Waals surface area contributed by atoms with E-state index in [1.807, 2.05) is 12.1 Å². The molecule has 2 N–H and O–H groups in total. The number of aromatic nitrogens is 1. The number of nitrogens with one attached hydrogen (secondary N) is 2. The maximum atomic E-state index is 12.4. The summed E-state index contributed by atoms with van der Waals surface area (Å²) in [6.45, 7) is 8.46. The van der Waals surface area contributed by atoms with Crippen LogP contribution in [0.2, 0.25) is 0 Å². The molecule has 1 aromatic heterocycles. The molecule has 1 unspecified atom stereocenters. The van der Waals surface area contributed by atoms with E-state index in [9.17, 15) is 4.79 Å². The van der Waals surface area contributed by atoms with Crippen LogP contribution < -0.4 is 5.32 Å². The van der Waals surface area contributed by atoms with Crippen LogP contribution in [0.3, 0.4) is 0 Å². The molecule has 1 amide bonds. The highest BCUT2D eigenvalue weighted by Crippen LogP contribution is 2.18. The Kier molecular flexibility index (Phi) is 3.72. The first kappa shape index (κ1) is 14.1. The van der Waals surface area contributed by atoms with Crippen molar-refractivity contribution in [2.24, 2.45) is 0 Å². The van der Waals surface area contributed by atoms with Crippen molar-refractivity contribution in [1.82, 2.24) is 15.2 Å². The van der Waals surface area contributed by atoms with Crippen molar-refractivity contribution < 1.29 is 4.79 Å². The van der Waals surface area contributed by atoms with Crippen molar-refractivity contribution in [1.29, 1.82) is 0 Å². The lowest BCUT2D eigenvalue weighted by atomic mass is 10.2. The average Bonchev–Trinajstić information content (AvgIpc) is 3.04. The number of aryl methyl sites for hydroxylation is 1. The van der Waals surface area contributed by atoms with Crippen LogP contribution in [0.1, 0.15) is 36.3 Å². The Morgan fingerprint density at radius 1 is 1.38 bits per heavy atom. The summed E-state index contributed by atoms with van der Waals surface area (Å²) in [5.41, 5.74) is 2.87. The molecular weight excluding hydrogens is 262 g/mol. The van der Waals surface area contributed by atoms with Crippen LogP contribution in [0.25, 0.3) is 10.9 Å². The SMILES string of the molecule is Cc1ccc2cc(C(=O)NC3CCN(C(C)C)C3)[nH]c2c1. The fourth-order valence-electron chi connectivity index (χ4n) is 3.00. The van der Waals surface area contributed by atoms with Crippen molar-refractivity contribution in [2.45, 2.75) is 39.3 Å². The summed E-state index contributed by atoms with van der Waals surface area (Å²) in [4.78, 5) is 18.0. The predicted octanol–water partition coefficient (Wildman–Crippen LogP) is 2.69. The lowest BCUT2D eigenvalue weighted by molar-refractivity contribution is 0.0932. The number of hydrogen-bond acceptors (Lipinski definition) is 2. The van der Waals surface area contributed by atoms with Gasteiger partial charge in [0.1, 0.15) is 5.69 Å². The number of fused-ring (bicyclic) bond motifs is 1. The van der Waals surface area contributed by atoms with Gasteiger partial charge in [0.2, 0.25) is 0 Å². The summed E-state index contributed by atoms with van der Waals surface area (Å²) < 4.78 is 0. The van der Waals surface area contributed by atoms with E-state index in [0.717, 1.165) is 30.4 Å². The van der Waals surface area contributed by atoms with Gasteiger partial charge < -0.3 is 10.3 Å². The van der Waals surface area contributed by atoms with Crippen molar-refractivity contribution >= 4 is 16.8 Å². The molecule has 0 radical (unpaired) electrons. The molecule has 1 saturated heterocycles. The van der Waals surface area contributed by atoms with Gasteiger partial charge in [0.15, 0.2) is 0 Å². The molecule has 1 atom stereocenters. The highest BCUT2D eigenvalue weighted by molar-refractivity contribution is 5.98. The first-order valence-electron chi connectivity index (χ1n) is 7.67. The lowest BCUT2D eigenvalue weighted by Crippen LogP contribution is -2.38. The molecule has 4 heteroatoms. The molecule has 0 spiro atoms. The van der Waals surface area contributed by atoms with E-state index in [0.29, 0.717) is 11.7 Å². The number of nitrogens with zero attached hydrogens (tertiary/aromatic N) is 1. The molecule has 2 heterocycles. The van der Waals surface area contributed by atoms with E-state index >= 15 is 0 Å². The molecule has 112 valence electrons. The second-order valence-electron chi connectivity index (χ2n) is 6.32. The van der Waals surface area contributed by atoms with Crippen LogP contribution in [-0.4, -0.2) is 41.0 Å². The number of amides is 1. The number of rotatable bonds is 3. The summed E-state index contributed by atoms with van der Waals surface area (Å²) >= 11 is 0. The minimum Gasteiger partial charge on any atom is -0.351 e. The van der Waals surface area contributed by atoms with Gasteiger partial charge in [0.05, 0.1) is 0 Å². The zero-order chi connectivity index (χ0) is 15.0. The number of benzene rings is 1. The Morgan fingerprint density at radius 3 is 2.90 bits per heavy atom. The van der Waals surface area contributed by atoms with Gasteiger partial charge in [-0.1, -0.05) is 12.1 Å². The Bertz CT molecular complexity index is 659. The summed E-state index contributed by atoms with van der Waals surface area (Å²) in [6.07, 6.45) is 1.03. The van der Waals surface area contributed by atoms with Gasteiger partial charge in [-0.15, -0.1) is 0 Å². The number of H-pyrrole nitrogens is 1. The third-order valence-electron chi connectivity index (χ3n) is 4.31. The largest absolute Gasteiger partial charge is 0.351 e. The standard InChI is InChI=1S/C17H23N3O/c1-11(2)20-7-6-14(10-20)18-17(21)16-9-13-5-4-12(3)8-15(13)19-16/h4-5,8-9,11,14,19H,6-7,10H2,1-3H3,(H,18,21). The lowest BCUT2D eigenvalue weighted by Gasteiger charge is -2.20. The van der Waals surface area contributed by atoms with Gasteiger partial charge in [0, 0.05) is 36.1 Å².